The van der Waals surface area contributed by atoms with Crippen molar-refractivity contribution in [1.82, 2.24) is 14.9 Å². The summed E-state index contributed by atoms with van der Waals surface area (Å²) in [6.07, 6.45) is 3.74. The molecule has 0 atom stereocenters. The number of benzene rings is 1. The minimum atomic E-state index is -0.0658. The third-order valence-electron chi connectivity index (χ3n) is 4.67. The first-order valence-corrected chi connectivity index (χ1v) is 9.17. The number of nitriles is 1. The number of hydrogen-bond donors (Lipinski definition) is 1. The van der Waals surface area contributed by atoms with Crippen LogP contribution >= 0.6 is 0 Å². The maximum Gasteiger partial charge on any atom is 0.225 e. The van der Waals surface area contributed by atoms with Crippen LogP contribution in [0.2, 0.25) is 0 Å². The third-order valence-corrected chi connectivity index (χ3v) is 4.67. The number of anilines is 2. The molecule has 144 valence electrons. The molecule has 0 spiro atoms. The number of amides is 1. The summed E-state index contributed by atoms with van der Waals surface area (Å²) in [7, 11) is 0. The van der Waals surface area contributed by atoms with Crippen LogP contribution < -0.4 is 10.2 Å². The fourth-order valence-corrected chi connectivity index (χ4v) is 3.08. The monoisotopic (exact) mass is 378 g/mol. The number of nitrogens with zero attached hydrogens (tertiary/aromatic N) is 5. The highest BCUT2D eigenvalue weighted by Gasteiger charge is 2.22. The maximum absolute atomic E-state index is 12.5. The van der Waals surface area contributed by atoms with Crippen LogP contribution in [0, 0.1) is 11.3 Å². The highest BCUT2D eigenvalue weighted by atomic mass is 16.2. The zero-order valence-corrected chi connectivity index (χ0v) is 15.8. The van der Waals surface area contributed by atoms with Crippen LogP contribution in [-0.4, -0.2) is 59.3 Å². The van der Waals surface area contributed by atoms with Gasteiger partial charge in [-0.3, -0.25) is 9.59 Å². The largest absolute Gasteiger partial charge is 0.383 e. The lowest BCUT2D eigenvalue weighted by molar-refractivity contribution is -0.131. The molecule has 1 aromatic carbocycles. The lowest BCUT2D eigenvalue weighted by atomic mass is 10.1. The molecule has 0 saturated carbocycles. The van der Waals surface area contributed by atoms with E-state index >= 15 is 0 Å². The van der Waals surface area contributed by atoms with Gasteiger partial charge in [0.25, 0.3) is 0 Å². The number of piperazine rings is 1. The number of ketones is 1. The normalized spacial score (nSPS) is 13.7. The van der Waals surface area contributed by atoms with E-state index in [4.69, 9.17) is 0 Å². The van der Waals surface area contributed by atoms with Gasteiger partial charge in [0.2, 0.25) is 11.9 Å². The standard InChI is InChI=1S/C20H22N6O2/c1-15(27)16-3-4-17(14-21)18(13-16)22-8-5-19(28)25-9-11-26(12-10-25)20-23-6-2-7-24-20/h2-4,6-7,13,22H,5,8-12H2,1H3. The minimum absolute atomic E-state index is 0.0577. The van der Waals surface area contributed by atoms with Crippen LogP contribution in [0.3, 0.4) is 0 Å². The van der Waals surface area contributed by atoms with Crippen molar-refractivity contribution in [3.63, 3.8) is 0 Å². The second-order valence-electron chi connectivity index (χ2n) is 6.52. The molecule has 0 bridgehead atoms. The minimum Gasteiger partial charge on any atom is -0.383 e. The van der Waals surface area contributed by atoms with Crippen LogP contribution in [0.1, 0.15) is 29.3 Å². The Bertz CT molecular complexity index is 885. The first-order chi connectivity index (χ1) is 13.6. The van der Waals surface area contributed by atoms with Crippen LogP contribution in [0.15, 0.2) is 36.7 Å². The average molecular weight is 378 g/mol. The Morgan fingerprint density at radius 2 is 1.89 bits per heavy atom. The number of nitrogens with one attached hydrogen (secondary N) is 1. The number of aromatic nitrogens is 2. The molecule has 1 saturated heterocycles. The zero-order valence-electron chi connectivity index (χ0n) is 15.8. The van der Waals surface area contributed by atoms with Crippen molar-refractivity contribution in [2.45, 2.75) is 13.3 Å². The summed E-state index contributed by atoms with van der Waals surface area (Å²) < 4.78 is 0. The molecule has 0 unspecified atom stereocenters. The van der Waals surface area contributed by atoms with Crippen molar-refractivity contribution in [3.8, 4) is 6.07 Å². The Morgan fingerprint density at radius 3 is 2.54 bits per heavy atom. The highest BCUT2D eigenvalue weighted by Crippen LogP contribution is 2.18. The van der Waals surface area contributed by atoms with Crippen LogP contribution in [0.25, 0.3) is 0 Å². The molecule has 1 N–H and O–H groups in total. The molecule has 1 aliphatic rings. The molecular weight excluding hydrogens is 356 g/mol. The van der Waals surface area contributed by atoms with Gasteiger partial charge in [-0.15, -0.1) is 0 Å². The van der Waals surface area contributed by atoms with Crippen molar-refractivity contribution in [2.75, 3.05) is 42.9 Å². The molecular formula is C20H22N6O2. The predicted molar refractivity (Wildman–Crippen MR) is 105 cm³/mol. The smallest absolute Gasteiger partial charge is 0.225 e. The van der Waals surface area contributed by atoms with Crippen molar-refractivity contribution in [1.29, 1.82) is 5.26 Å². The molecule has 1 aliphatic heterocycles. The van der Waals surface area contributed by atoms with E-state index in [-0.39, 0.29) is 11.7 Å². The second-order valence-corrected chi connectivity index (χ2v) is 6.52. The third kappa shape index (κ3) is 4.62. The summed E-state index contributed by atoms with van der Waals surface area (Å²) in [5, 5.41) is 12.3. The molecule has 8 heteroatoms. The number of rotatable bonds is 6. The molecule has 1 amide bonds. The number of carbonyl (C=O) groups is 2. The maximum atomic E-state index is 12.5. The molecule has 0 aliphatic carbocycles. The fourth-order valence-electron chi connectivity index (χ4n) is 3.08. The number of carbonyl (C=O) groups excluding carboxylic acids is 2. The molecule has 3 rings (SSSR count). The summed E-state index contributed by atoms with van der Waals surface area (Å²) in [4.78, 5) is 36.4. The average Bonchev–Trinajstić information content (AvgIpc) is 2.74. The zero-order chi connectivity index (χ0) is 19.9. The Labute approximate surface area is 163 Å². The Hall–Kier alpha value is -3.47. The Morgan fingerprint density at radius 1 is 1.18 bits per heavy atom. The van der Waals surface area contributed by atoms with E-state index in [1.54, 1.807) is 36.7 Å². The SMILES string of the molecule is CC(=O)c1ccc(C#N)c(NCCC(=O)N2CCN(c3ncccn3)CC2)c1. The summed E-state index contributed by atoms with van der Waals surface area (Å²) >= 11 is 0. The van der Waals surface area contributed by atoms with Crippen molar-refractivity contribution in [3.05, 3.63) is 47.8 Å². The highest BCUT2D eigenvalue weighted by molar-refractivity contribution is 5.95. The van der Waals surface area contributed by atoms with Gasteiger partial charge in [-0.25, -0.2) is 9.97 Å². The first-order valence-electron chi connectivity index (χ1n) is 9.17. The summed E-state index contributed by atoms with van der Waals surface area (Å²) in [6.45, 7) is 4.53. The van der Waals surface area contributed by atoms with E-state index in [0.717, 1.165) is 0 Å². The van der Waals surface area contributed by atoms with Crippen molar-refractivity contribution in [2.24, 2.45) is 0 Å². The Kier molecular flexibility index (Phi) is 6.17. The molecule has 0 radical (unpaired) electrons. The van der Waals surface area contributed by atoms with Gasteiger partial charge in [0.15, 0.2) is 5.78 Å². The topological polar surface area (TPSA) is 102 Å². The molecule has 28 heavy (non-hydrogen) atoms. The number of hydrogen-bond acceptors (Lipinski definition) is 7. The van der Waals surface area contributed by atoms with E-state index in [2.05, 4.69) is 26.3 Å². The van der Waals surface area contributed by atoms with Gasteiger partial charge in [-0.2, -0.15) is 5.26 Å². The van der Waals surface area contributed by atoms with E-state index < -0.39 is 0 Å². The van der Waals surface area contributed by atoms with Crippen LogP contribution in [0.4, 0.5) is 11.6 Å². The van der Waals surface area contributed by atoms with Crippen molar-refractivity contribution < 1.29 is 9.59 Å². The fraction of sp³-hybridized carbons (Fsp3) is 0.350. The van der Waals surface area contributed by atoms with Gasteiger partial charge in [-0.05, 0) is 31.2 Å². The van der Waals surface area contributed by atoms with Crippen LogP contribution in [0.5, 0.6) is 0 Å². The predicted octanol–water partition coefficient (Wildman–Crippen LogP) is 1.70. The summed E-state index contributed by atoms with van der Waals surface area (Å²) in [6, 6.07) is 8.78. The molecule has 2 aromatic rings. The lowest BCUT2D eigenvalue weighted by Gasteiger charge is -2.34. The van der Waals surface area contributed by atoms with Gasteiger partial charge in [-0.1, -0.05) is 0 Å². The van der Waals surface area contributed by atoms with E-state index in [0.29, 0.717) is 61.9 Å². The van der Waals surface area contributed by atoms with Crippen molar-refractivity contribution >= 4 is 23.3 Å². The lowest BCUT2D eigenvalue weighted by Crippen LogP contribution is -2.49. The molecule has 2 heterocycles. The Balaban J connectivity index is 1.50. The molecule has 1 fully saturated rings. The molecule has 1 aromatic heterocycles. The summed E-state index contributed by atoms with van der Waals surface area (Å²) in [5.41, 5.74) is 1.56. The van der Waals surface area contributed by atoms with E-state index in [1.165, 1.54) is 6.92 Å². The van der Waals surface area contributed by atoms with Crippen LogP contribution in [-0.2, 0) is 4.79 Å². The molecule has 8 nitrogen and oxygen atoms in total. The van der Waals surface area contributed by atoms with Gasteiger partial charge < -0.3 is 15.1 Å². The van der Waals surface area contributed by atoms with Gasteiger partial charge >= 0.3 is 0 Å². The van der Waals surface area contributed by atoms with E-state index in [9.17, 15) is 14.9 Å². The quantitative estimate of drug-likeness (QED) is 0.763. The first kappa shape index (κ1) is 19.3. The second kappa shape index (κ2) is 8.95. The summed E-state index contributed by atoms with van der Waals surface area (Å²) in [5.74, 6) is 0.678. The van der Waals surface area contributed by atoms with Gasteiger partial charge in [0.1, 0.15) is 6.07 Å². The number of Topliss-reactive ketones (excluding diaryl/α,β-unsaturated/α-hetero) is 1. The van der Waals surface area contributed by atoms with Gasteiger partial charge in [0.05, 0.1) is 11.3 Å². The van der Waals surface area contributed by atoms with Gasteiger partial charge in [0, 0.05) is 57.1 Å². The van der Waals surface area contributed by atoms with E-state index in [1.807, 2.05) is 4.90 Å².